The van der Waals surface area contributed by atoms with Crippen molar-refractivity contribution in [3.05, 3.63) is 34.9 Å². The van der Waals surface area contributed by atoms with E-state index in [1.165, 1.54) is 0 Å². The van der Waals surface area contributed by atoms with Crippen molar-refractivity contribution >= 4 is 68.6 Å². The van der Waals surface area contributed by atoms with Crippen molar-refractivity contribution in [2.75, 3.05) is 0 Å². The minimum absolute atomic E-state index is 0.0332. The maximum absolute atomic E-state index is 11.4. The van der Waals surface area contributed by atoms with Gasteiger partial charge in [0, 0.05) is 5.02 Å². The fourth-order valence-corrected chi connectivity index (χ4v) is 3.80. The molecule has 0 bridgehead atoms. The second kappa shape index (κ2) is 6.37. The lowest BCUT2D eigenvalue weighted by Gasteiger charge is -2.21. The molecule has 0 aromatic heterocycles. The standard InChI is InChI=1S/C8H8Cl4N2O2S2/c9-7-3-1-6(2-4-7)5-14(18(13,15)16)17-8(10,11)12/h1-4H,5H2,(H2,13,15,16). The second-order valence-electron chi connectivity index (χ2n) is 3.17. The Bertz CT molecular complexity index is 501. The van der Waals surface area contributed by atoms with Gasteiger partial charge in [0.05, 0.1) is 6.54 Å². The smallest absolute Gasteiger partial charge is 0.215 e. The van der Waals surface area contributed by atoms with E-state index < -0.39 is 13.3 Å². The Hall–Kier alpha value is 0.600. The summed E-state index contributed by atoms with van der Waals surface area (Å²) >= 11 is 22.8. The van der Waals surface area contributed by atoms with Crippen molar-refractivity contribution in [3.8, 4) is 0 Å². The van der Waals surface area contributed by atoms with E-state index in [0.29, 0.717) is 22.5 Å². The van der Waals surface area contributed by atoms with Gasteiger partial charge in [-0.3, -0.25) is 0 Å². The molecule has 10 heteroatoms. The normalized spacial score (nSPS) is 13.0. The van der Waals surface area contributed by atoms with Crippen molar-refractivity contribution in [2.24, 2.45) is 5.14 Å². The summed E-state index contributed by atoms with van der Waals surface area (Å²) in [6.07, 6.45) is 0. The molecule has 0 unspecified atom stereocenters. The molecule has 1 aromatic carbocycles. The van der Waals surface area contributed by atoms with Gasteiger partial charge in [-0.1, -0.05) is 58.5 Å². The molecule has 18 heavy (non-hydrogen) atoms. The van der Waals surface area contributed by atoms with E-state index in [1.807, 2.05) is 0 Å². The molecule has 0 radical (unpaired) electrons. The summed E-state index contributed by atoms with van der Waals surface area (Å²) in [7, 11) is -4.00. The molecule has 1 aromatic rings. The van der Waals surface area contributed by atoms with Crippen LogP contribution in [0.25, 0.3) is 0 Å². The van der Waals surface area contributed by atoms with Gasteiger partial charge in [0.2, 0.25) is 0 Å². The number of hydrogen-bond acceptors (Lipinski definition) is 3. The van der Waals surface area contributed by atoms with Gasteiger partial charge >= 0.3 is 0 Å². The first-order valence-corrected chi connectivity index (χ1v) is 8.17. The molecule has 1 rings (SSSR count). The summed E-state index contributed by atoms with van der Waals surface area (Å²) in [5, 5.41) is 5.58. The van der Waals surface area contributed by atoms with Crippen LogP contribution in [0.2, 0.25) is 5.02 Å². The van der Waals surface area contributed by atoms with Crippen LogP contribution in [0.1, 0.15) is 5.56 Å². The first kappa shape index (κ1) is 16.7. The van der Waals surface area contributed by atoms with E-state index in [4.69, 9.17) is 51.5 Å². The summed E-state index contributed by atoms with van der Waals surface area (Å²) in [6, 6.07) is 6.55. The Morgan fingerprint density at radius 2 is 1.72 bits per heavy atom. The van der Waals surface area contributed by atoms with E-state index in [1.54, 1.807) is 24.3 Å². The molecule has 4 nitrogen and oxygen atoms in total. The molecule has 0 spiro atoms. The second-order valence-corrected chi connectivity index (χ2v) is 9.50. The molecule has 102 valence electrons. The fourth-order valence-electron chi connectivity index (χ4n) is 1.03. The highest BCUT2D eigenvalue weighted by Crippen LogP contribution is 2.42. The fraction of sp³-hybridized carbons (Fsp3) is 0.250. The van der Waals surface area contributed by atoms with Crippen LogP contribution in [-0.4, -0.2) is 15.3 Å². The van der Waals surface area contributed by atoms with Crippen LogP contribution < -0.4 is 5.14 Å². The Morgan fingerprint density at radius 1 is 1.22 bits per heavy atom. The minimum Gasteiger partial charge on any atom is -0.215 e. The van der Waals surface area contributed by atoms with Crippen LogP contribution in [0, 0.1) is 0 Å². The molecule has 0 saturated carbocycles. The quantitative estimate of drug-likeness (QED) is 0.654. The Balaban J connectivity index is 2.89. The zero-order valence-corrected chi connectivity index (χ0v) is 13.3. The largest absolute Gasteiger partial charge is 0.286 e. The predicted octanol–water partition coefficient (Wildman–Crippen LogP) is 3.32. The van der Waals surface area contributed by atoms with Crippen LogP contribution in [0.3, 0.4) is 0 Å². The lowest BCUT2D eigenvalue weighted by Crippen LogP contribution is -2.32. The van der Waals surface area contributed by atoms with Gasteiger partial charge in [-0.15, -0.1) is 3.71 Å². The lowest BCUT2D eigenvalue weighted by atomic mass is 10.2. The van der Waals surface area contributed by atoms with Crippen molar-refractivity contribution in [1.82, 2.24) is 3.71 Å². The molecule has 0 amide bonds. The van der Waals surface area contributed by atoms with E-state index >= 15 is 0 Å². The highest BCUT2D eigenvalue weighted by atomic mass is 35.6. The molecule has 0 fully saturated rings. The third-order valence-electron chi connectivity index (χ3n) is 1.71. The molecule has 0 heterocycles. The van der Waals surface area contributed by atoms with E-state index in [2.05, 4.69) is 0 Å². The van der Waals surface area contributed by atoms with Crippen LogP contribution >= 0.6 is 58.4 Å². The maximum atomic E-state index is 11.4. The zero-order valence-electron chi connectivity index (χ0n) is 8.69. The first-order chi connectivity index (χ1) is 8.08. The molecule has 0 saturated heterocycles. The topological polar surface area (TPSA) is 63.4 Å². The van der Waals surface area contributed by atoms with Gasteiger partial charge in [0.25, 0.3) is 13.3 Å². The van der Waals surface area contributed by atoms with Crippen LogP contribution in [0.5, 0.6) is 0 Å². The van der Waals surface area contributed by atoms with Crippen molar-refractivity contribution in [3.63, 3.8) is 0 Å². The molecular weight excluding hydrogens is 362 g/mol. The van der Waals surface area contributed by atoms with Gasteiger partial charge in [-0.25, -0.2) is 5.14 Å². The summed E-state index contributed by atoms with van der Waals surface area (Å²) in [5.41, 5.74) is 0.662. The summed E-state index contributed by atoms with van der Waals surface area (Å²) in [5.74, 6) is 0. The minimum atomic E-state index is -4.00. The highest BCUT2D eigenvalue weighted by molar-refractivity contribution is 8.11. The monoisotopic (exact) mass is 368 g/mol. The van der Waals surface area contributed by atoms with Gasteiger partial charge < -0.3 is 0 Å². The van der Waals surface area contributed by atoms with Crippen LogP contribution in [0.4, 0.5) is 0 Å². The number of rotatable bonds is 4. The number of nitrogens with zero attached hydrogens (tertiary/aromatic N) is 1. The molecule has 0 aliphatic carbocycles. The SMILES string of the molecule is NS(=O)(=O)N(Cc1ccc(Cl)cc1)SC(Cl)(Cl)Cl. The number of alkyl halides is 3. The molecule has 2 N–H and O–H groups in total. The van der Waals surface area contributed by atoms with Gasteiger partial charge in [0.15, 0.2) is 0 Å². The van der Waals surface area contributed by atoms with Crippen LogP contribution in [0.15, 0.2) is 24.3 Å². The highest BCUT2D eigenvalue weighted by Gasteiger charge is 2.30. The average Bonchev–Trinajstić information content (AvgIpc) is 2.17. The Labute approximate surface area is 130 Å². The zero-order chi connectivity index (χ0) is 14.0. The molecular formula is C8H8Cl4N2O2S2. The number of halogens is 4. The van der Waals surface area contributed by atoms with Crippen molar-refractivity contribution in [2.45, 2.75) is 9.67 Å². The molecule has 0 aliphatic heterocycles. The van der Waals surface area contributed by atoms with E-state index in [9.17, 15) is 8.42 Å². The maximum Gasteiger partial charge on any atom is 0.286 e. The Morgan fingerprint density at radius 3 is 2.11 bits per heavy atom. The van der Waals surface area contributed by atoms with E-state index in [-0.39, 0.29) is 6.54 Å². The summed E-state index contributed by atoms with van der Waals surface area (Å²) < 4.78 is 21.7. The van der Waals surface area contributed by atoms with Gasteiger partial charge in [-0.2, -0.15) is 8.42 Å². The number of hydrogen-bond donors (Lipinski definition) is 1. The molecule has 0 atom stereocenters. The van der Waals surface area contributed by atoms with Crippen LogP contribution in [-0.2, 0) is 16.8 Å². The van der Waals surface area contributed by atoms with Gasteiger partial charge in [-0.05, 0) is 29.6 Å². The molecule has 0 aliphatic rings. The summed E-state index contributed by atoms with van der Waals surface area (Å²) in [6.45, 7) is -0.0332. The van der Waals surface area contributed by atoms with Crippen molar-refractivity contribution in [1.29, 1.82) is 0 Å². The number of nitrogens with two attached hydrogens (primary N) is 1. The van der Waals surface area contributed by atoms with E-state index in [0.717, 1.165) is 3.71 Å². The third kappa shape index (κ3) is 6.16. The van der Waals surface area contributed by atoms with Gasteiger partial charge in [0.1, 0.15) is 0 Å². The predicted molar refractivity (Wildman–Crippen MR) is 78.0 cm³/mol. The number of benzene rings is 1. The lowest BCUT2D eigenvalue weighted by molar-refractivity contribution is 0.542. The first-order valence-electron chi connectivity index (χ1n) is 4.39. The Kier molecular flexibility index (Phi) is 5.89. The third-order valence-corrected chi connectivity index (χ3v) is 4.67. The summed E-state index contributed by atoms with van der Waals surface area (Å²) in [4.78, 5) is 0. The average molecular weight is 370 g/mol. The van der Waals surface area contributed by atoms with Crippen molar-refractivity contribution < 1.29 is 8.42 Å².